The van der Waals surface area contributed by atoms with Gasteiger partial charge < -0.3 is 9.84 Å². The lowest BCUT2D eigenvalue weighted by Gasteiger charge is -2.60. The van der Waals surface area contributed by atoms with Gasteiger partial charge in [-0.2, -0.15) is 0 Å². The van der Waals surface area contributed by atoms with Gasteiger partial charge in [0.25, 0.3) is 0 Å². The van der Waals surface area contributed by atoms with E-state index in [2.05, 4.69) is 6.92 Å². The summed E-state index contributed by atoms with van der Waals surface area (Å²) < 4.78 is 5.97. The topological polar surface area (TPSA) is 32.8 Å². The largest absolute Gasteiger partial charge is 0.389 e. The van der Waals surface area contributed by atoms with Crippen LogP contribution in [-0.4, -0.2) is 22.9 Å². The van der Waals surface area contributed by atoms with Crippen molar-refractivity contribution < 1.29 is 9.84 Å². The Bertz CT molecular complexity index is 346. The second-order valence-electron chi connectivity index (χ2n) is 8.00. The predicted molar refractivity (Wildman–Crippen MR) is 74.8 cm³/mol. The number of epoxide rings is 1. The van der Waals surface area contributed by atoms with Crippen LogP contribution in [0.3, 0.4) is 0 Å². The molecule has 5 fully saturated rings. The molecule has 0 radical (unpaired) electrons. The molecule has 0 amide bonds. The van der Waals surface area contributed by atoms with Gasteiger partial charge in [0.15, 0.2) is 0 Å². The first-order chi connectivity index (χ1) is 9.15. The minimum Gasteiger partial charge on any atom is -0.389 e. The highest BCUT2D eigenvalue weighted by molar-refractivity contribution is 5.16. The molecular weight excluding hydrogens is 236 g/mol. The third kappa shape index (κ3) is 1.90. The van der Waals surface area contributed by atoms with E-state index in [9.17, 15) is 5.11 Å². The second kappa shape index (κ2) is 4.21. The third-order valence-corrected chi connectivity index (χ3v) is 6.56. The van der Waals surface area contributed by atoms with Crippen LogP contribution in [0.5, 0.6) is 0 Å². The van der Waals surface area contributed by atoms with Crippen molar-refractivity contribution in [3.8, 4) is 0 Å². The number of rotatable bonds is 5. The maximum absolute atomic E-state index is 11.2. The molecule has 2 heteroatoms. The lowest BCUT2D eigenvalue weighted by molar-refractivity contribution is -0.192. The maximum Gasteiger partial charge on any atom is 0.0974 e. The summed E-state index contributed by atoms with van der Waals surface area (Å²) in [7, 11) is 0. The van der Waals surface area contributed by atoms with Gasteiger partial charge in [0, 0.05) is 5.92 Å². The maximum atomic E-state index is 11.2. The van der Waals surface area contributed by atoms with Crippen molar-refractivity contribution in [2.75, 3.05) is 6.61 Å². The Morgan fingerprint density at radius 1 is 1.11 bits per heavy atom. The van der Waals surface area contributed by atoms with Crippen molar-refractivity contribution in [1.29, 1.82) is 0 Å². The molecule has 5 rings (SSSR count). The Morgan fingerprint density at radius 2 is 1.79 bits per heavy atom. The molecule has 1 aliphatic heterocycles. The quantitative estimate of drug-likeness (QED) is 0.608. The summed E-state index contributed by atoms with van der Waals surface area (Å²) in [6.45, 7) is 3.19. The van der Waals surface area contributed by atoms with Gasteiger partial charge in [-0.15, -0.1) is 0 Å². The van der Waals surface area contributed by atoms with Gasteiger partial charge in [-0.25, -0.2) is 0 Å². The molecule has 2 nitrogen and oxygen atoms in total. The molecule has 0 spiro atoms. The molecule has 1 saturated heterocycles. The molecule has 0 aromatic carbocycles. The second-order valence-corrected chi connectivity index (χ2v) is 8.00. The fourth-order valence-corrected chi connectivity index (χ4v) is 6.16. The van der Waals surface area contributed by atoms with Crippen LogP contribution in [0.4, 0.5) is 0 Å². The SMILES string of the molecule is CCCCCC1(C2C3CC4CC(C3)CC2(O)C4)CO1. The van der Waals surface area contributed by atoms with Crippen LogP contribution in [0.15, 0.2) is 0 Å². The fraction of sp³-hybridized carbons (Fsp3) is 1.00. The zero-order valence-corrected chi connectivity index (χ0v) is 12.2. The predicted octanol–water partition coefficient (Wildman–Crippen LogP) is 3.52. The Kier molecular flexibility index (Phi) is 2.80. The Labute approximate surface area is 116 Å². The zero-order valence-electron chi connectivity index (χ0n) is 12.2. The van der Waals surface area contributed by atoms with E-state index in [1.54, 1.807) is 0 Å². The molecule has 4 atom stereocenters. The van der Waals surface area contributed by atoms with Crippen LogP contribution < -0.4 is 0 Å². The molecule has 4 aliphatic carbocycles. The van der Waals surface area contributed by atoms with Crippen molar-refractivity contribution in [1.82, 2.24) is 0 Å². The molecule has 4 bridgehead atoms. The van der Waals surface area contributed by atoms with Gasteiger partial charge >= 0.3 is 0 Å². The highest BCUT2D eigenvalue weighted by atomic mass is 16.6. The average molecular weight is 264 g/mol. The van der Waals surface area contributed by atoms with Gasteiger partial charge in [0.05, 0.1) is 17.8 Å². The molecular formula is C17H28O2. The zero-order chi connectivity index (χ0) is 13.1. The summed E-state index contributed by atoms with van der Waals surface area (Å²) in [6.07, 6.45) is 11.4. The number of unbranched alkanes of at least 4 members (excludes halogenated alkanes) is 2. The Hall–Kier alpha value is -0.0800. The number of hydrogen-bond acceptors (Lipinski definition) is 2. The minimum absolute atomic E-state index is 0.0852. The van der Waals surface area contributed by atoms with Gasteiger partial charge in [-0.3, -0.25) is 0 Å². The van der Waals surface area contributed by atoms with E-state index >= 15 is 0 Å². The van der Waals surface area contributed by atoms with Gasteiger partial charge in [0.1, 0.15) is 0 Å². The summed E-state index contributed by atoms with van der Waals surface area (Å²) in [4.78, 5) is 0. The first-order valence-corrected chi connectivity index (χ1v) is 8.51. The molecule has 1 N–H and O–H groups in total. The summed E-state index contributed by atoms with van der Waals surface area (Å²) >= 11 is 0. The van der Waals surface area contributed by atoms with Crippen LogP contribution in [0, 0.1) is 23.7 Å². The van der Waals surface area contributed by atoms with Crippen molar-refractivity contribution in [3.63, 3.8) is 0 Å². The van der Waals surface area contributed by atoms with Crippen molar-refractivity contribution >= 4 is 0 Å². The lowest BCUT2D eigenvalue weighted by Crippen LogP contribution is -2.61. The number of hydrogen-bond donors (Lipinski definition) is 1. The molecule has 0 aromatic heterocycles. The van der Waals surface area contributed by atoms with Crippen LogP contribution in [0.25, 0.3) is 0 Å². The van der Waals surface area contributed by atoms with E-state index < -0.39 is 0 Å². The molecule has 19 heavy (non-hydrogen) atoms. The van der Waals surface area contributed by atoms with Crippen LogP contribution in [0.1, 0.15) is 64.7 Å². The first kappa shape index (κ1) is 12.6. The highest BCUT2D eigenvalue weighted by Crippen LogP contribution is 2.64. The summed E-state index contributed by atoms with van der Waals surface area (Å²) in [5.41, 5.74) is -0.278. The lowest BCUT2D eigenvalue weighted by atomic mass is 9.47. The van der Waals surface area contributed by atoms with Crippen molar-refractivity contribution in [3.05, 3.63) is 0 Å². The summed E-state index contributed by atoms with van der Waals surface area (Å²) in [6, 6.07) is 0. The molecule has 4 saturated carbocycles. The monoisotopic (exact) mass is 264 g/mol. The van der Waals surface area contributed by atoms with Crippen LogP contribution in [0.2, 0.25) is 0 Å². The number of ether oxygens (including phenoxy) is 1. The van der Waals surface area contributed by atoms with Crippen LogP contribution in [-0.2, 0) is 4.74 Å². The molecule has 108 valence electrons. The Balaban J connectivity index is 1.54. The highest BCUT2D eigenvalue weighted by Gasteiger charge is 2.66. The molecule has 1 heterocycles. The smallest absolute Gasteiger partial charge is 0.0974 e. The molecule has 4 unspecified atom stereocenters. The van der Waals surface area contributed by atoms with Crippen LogP contribution >= 0.6 is 0 Å². The molecule has 0 aromatic rings. The molecule has 5 aliphatic rings. The van der Waals surface area contributed by atoms with Crippen molar-refractivity contribution in [2.24, 2.45) is 23.7 Å². The van der Waals surface area contributed by atoms with Gasteiger partial charge in [-0.05, 0) is 56.3 Å². The third-order valence-electron chi connectivity index (χ3n) is 6.56. The Morgan fingerprint density at radius 3 is 2.32 bits per heavy atom. The van der Waals surface area contributed by atoms with E-state index in [0.29, 0.717) is 5.92 Å². The summed E-state index contributed by atoms with van der Waals surface area (Å²) in [5.74, 6) is 2.88. The summed E-state index contributed by atoms with van der Waals surface area (Å²) in [5, 5.41) is 11.2. The first-order valence-electron chi connectivity index (χ1n) is 8.51. The van der Waals surface area contributed by atoms with E-state index in [4.69, 9.17) is 4.74 Å². The number of aliphatic hydroxyl groups is 1. The van der Waals surface area contributed by atoms with E-state index in [1.165, 1.54) is 44.9 Å². The van der Waals surface area contributed by atoms with Crippen molar-refractivity contribution in [2.45, 2.75) is 75.9 Å². The van der Waals surface area contributed by atoms with Gasteiger partial charge in [0.2, 0.25) is 0 Å². The minimum atomic E-state index is -0.364. The fourth-order valence-electron chi connectivity index (χ4n) is 6.16. The average Bonchev–Trinajstić information content (AvgIpc) is 3.07. The standard InChI is InChI=1S/C17H28O2/c1-2-3-4-5-17(11-19-17)15-14-7-12-6-13(8-14)10-16(15,18)9-12/h12-15,18H,2-11H2,1H3. The van der Waals surface area contributed by atoms with E-state index in [1.807, 2.05) is 0 Å². The van der Waals surface area contributed by atoms with Gasteiger partial charge in [-0.1, -0.05) is 26.2 Å². The van der Waals surface area contributed by atoms with E-state index in [0.717, 1.165) is 37.2 Å². The van der Waals surface area contributed by atoms with E-state index in [-0.39, 0.29) is 11.2 Å². The normalized spacial score (nSPS) is 54.6.